The molecule has 4 rings (SSSR count). The first-order valence-electron chi connectivity index (χ1n) is 6.53. The third-order valence-electron chi connectivity index (χ3n) is 3.30. The van der Waals surface area contributed by atoms with Gasteiger partial charge in [-0.2, -0.15) is 0 Å². The Labute approximate surface area is 137 Å². The van der Waals surface area contributed by atoms with Crippen LogP contribution in [0, 0.1) is 0 Å². The van der Waals surface area contributed by atoms with Gasteiger partial charge in [0.2, 0.25) is 0 Å². The number of amides is 1. The molecule has 6 heteroatoms. The van der Waals surface area contributed by atoms with Gasteiger partial charge in [-0.1, -0.05) is 15.9 Å². The molecule has 0 unspecified atom stereocenters. The molecule has 1 amide bonds. The molecule has 0 atom stereocenters. The molecular formula is C16H9BrN2O2S. The van der Waals surface area contributed by atoms with Gasteiger partial charge in [-0.15, -0.1) is 11.3 Å². The largest absolute Gasteiger partial charge is 0.451 e. The van der Waals surface area contributed by atoms with Crippen LogP contribution in [0.5, 0.6) is 0 Å². The molecule has 0 aliphatic carbocycles. The van der Waals surface area contributed by atoms with E-state index in [1.807, 2.05) is 36.4 Å². The number of nitrogens with one attached hydrogen (secondary N) is 1. The average Bonchev–Trinajstić information content (AvgIpc) is 3.12. The Morgan fingerprint density at radius 1 is 1.18 bits per heavy atom. The predicted molar refractivity (Wildman–Crippen MR) is 91.5 cm³/mol. The first kappa shape index (κ1) is 13.5. The van der Waals surface area contributed by atoms with Crippen molar-refractivity contribution < 1.29 is 9.21 Å². The lowest BCUT2D eigenvalue weighted by Gasteiger charge is -2.02. The molecule has 108 valence electrons. The molecule has 2 heterocycles. The molecule has 0 aliphatic rings. The Balaban J connectivity index is 1.64. The number of hydrogen-bond acceptors (Lipinski definition) is 4. The second-order valence-electron chi connectivity index (χ2n) is 4.78. The van der Waals surface area contributed by atoms with Crippen LogP contribution in [0.15, 0.2) is 56.9 Å². The molecule has 1 N–H and O–H groups in total. The van der Waals surface area contributed by atoms with E-state index in [0.717, 1.165) is 25.8 Å². The molecule has 4 nitrogen and oxygen atoms in total. The van der Waals surface area contributed by atoms with E-state index in [1.165, 1.54) is 11.3 Å². The van der Waals surface area contributed by atoms with Crippen LogP contribution in [0.1, 0.15) is 10.6 Å². The molecule has 0 radical (unpaired) electrons. The van der Waals surface area contributed by atoms with Gasteiger partial charge < -0.3 is 9.73 Å². The topological polar surface area (TPSA) is 55.1 Å². The van der Waals surface area contributed by atoms with Gasteiger partial charge in [0.25, 0.3) is 5.91 Å². The fourth-order valence-corrected chi connectivity index (χ4v) is 3.30. The molecule has 0 saturated carbocycles. The Kier molecular flexibility index (Phi) is 3.20. The van der Waals surface area contributed by atoms with Crippen molar-refractivity contribution in [1.29, 1.82) is 0 Å². The Hall–Kier alpha value is -2.18. The Morgan fingerprint density at radius 2 is 2.09 bits per heavy atom. The number of aromatic nitrogens is 1. The van der Waals surface area contributed by atoms with E-state index >= 15 is 0 Å². The molecule has 0 bridgehead atoms. The number of carbonyl (C=O) groups is 1. The van der Waals surface area contributed by atoms with Crippen molar-refractivity contribution in [2.24, 2.45) is 0 Å². The van der Waals surface area contributed by atoms with Gasteiger partial charge >= 0.3 is 0 Å². The summed E-state index contributed by atoms with van der Waals surface area (Å²) in [6.45, 7) is 0. The standard InChI is InChI=1S/C16H9BrN2O2S/c17-10-2-1-9-5-14(21-13(9)6-10)16(20)19-11-3-4-12-15(7-11)22-8-18-12/h1-8H,(H,19,20). The monoisotopic (exact) mass is 372 g/mol. The number of rotatable bonds is 2. The highest BCUT2D eigenvalue weighted by Gasteiger charge is 2.13. The summed E-state index contributed by atoms with van der Waals surface area (Å²) in [6.07, 6.45) is 0. The minimum atomic E-state index is -0.267. The maximum Gasteiger partial charge on any atom is 0.291 e. The van der Waals surface area contributed by atoms with Crippen LogP contribution in [0.4, 0.5) is 5.69 Å². The number of halogens is 1. The van der Waals surface area contributed by atoms with Gasteiger partial charge in [-0.05, 0) is 42.5 Å². The minimum Gasteiger partial charge on any atom is -0.451 e. The highest BCUT2D eigenvalue weighted by Crippen LogP contribution is 2.25. The third-order valence-corrected chi connectivity index (χ3v) is 4.58. The van der Waals surface area contributed by atoms with Gasteiger partial charge in [-0.3, -0.25) is 4.79 Å². The number of nitrogens with zero attached hydrogens (tertiary/aromatic N) is 1. The summed E-state index contributed by atoms with van der Waals surface area (Å²) in [6, 6.07) is 13.0. The quantitative estimate of drug-likeness (QED) is 0.535. The van der Waals surface area contributed by atoms with Crippen LogP contribution in [0.3, 0.4) is 0 Å². The first-order chi connectivity index (χ1) is 10.7. The van der Waals surface area contributed by atoms with E-state index in [4.69, 9.17) is 4.42 Å². The zero-order chi connectivity index (χ0) is 15.1. The molecule has 0 spiro atoms. The number of fused-ring (bicyclic) bond motifs is 2. The van der Waals surface area contributed by atoms with E-state index in [0.29, 0.717) is 5.58 Å². The fourth-order valence-electron chi connectivity index (χ4n) is 2.24. The van der Waals surface area contributed by atoms with E-state index in [9.17, 15) is 4.79 Å². The van der Waals surface area contributed by atoms with Crippen LogP contribution in [0.2, 0.25) is 0 Å². The SMILES string of the molecule is O=C(Nc1ccc2ncsc2c1)c1cc2ccc(Br)cc2o1. The summed E-state index contributed by atoms with van der Waals surface area (Å²) in [5, 5.41) is 3.74. The zero-order valence-corrected chi connectivity index (χ0v) is 13.6. The van der Waals surface area contributed by atoms with E-state index in [-0.39, 0.29) is 11.7 Å². The second-order valence-corrected chi connectivity index (χ2v) is 6.58. The number of thiazole rings is 1. The molecule has 0 aliphatic heterocycles. The number of furan rings is 1. The summed E-state index contributed by atoms with van der Waals surface area (Å²) < 4.78 is 7.55. The first-order valence-corrected chi connectivity index (χ1v) is 8.20. The van der Waals surface area contributed by atoms with Crippen LogP contribution in [-0.4, -0.2) is 10.9 Å². The molecule has 4 aromatic rings. The van der Waals surface area contributed by atoms with Gasteiger partial charge in [0.05, 0.1) is 15.7 Å². The number of anilines is 1. The van der Waals surface area contributed by atoms with E-state index in [1.54, 1.807) is 11.6 Å². The minimum absolute atomic E-state index is 0.267. The maximum atomic E-state index is 12.3. The van der Waals surface area contributed by atoms with Crippen molar-refractivity contribution in [3.05, 3.63) is 58.2 Å². The number of benzene rings is 2. The molecule has 0 saturated heterocycles. The number of hydrogen-bond donors (Lipinski definition) is 1. The van der Waals surface area contributed by atoms with Crippen molar-refractivity contribution >= 4 is 60.0 Å². The van der Waals surface area contributed by atoms with Crippen LogP contribution < -0.4 is 5.32 Å². The second kappa shape index (κ2) is 5.23. The van der Waals surface area contributed by atoms with Gasteiger partial charge in [0, 0.05) is 15.5 Å². The van der Waals surface area contributed by atoms with Crippen molar-refractivity contribution in [2.45, 2.75) is 0 Å². The Morgan fingerprint density at radius 3 is 3.00 bits per heavy atom. The van der Waals surface area contributed by atoms with Crippen molar-refractivity contribution in [3.63, 3.8) is 0 Å². The van der Waals surface area contributed by atoms with Gasteiger partial charge in [0.1, 0.15) is 5.58 Å². The Bertz CT molecular complexity index is 1010. The maximum absolute atomic E-state index is 12.3. The summed E-state index contributed by atoms with van der Waals surface area (Å²) in [5.74, 6) is 0.0219. The smallest absolute Gasteiger partial charge is 0.291 e. The van der Waals surface area contributed by atoms with Gasteiger partial charge in [-0.25, -0.2) is 4.98 Å². The zero-order valence-electron chi connectivity index (χ0n) is 11.2. The highest BCUT2D eigenvalue weighted by molar-refractivity contribution is 9.10. The average molecular weight is 373 g/mol. The van der Waals surface area contributed by atoms with Crippen molar-refractivity contribution in [3.8, 4) is 0 Å². The summed E-state index contributed by atoms with van der Waals surface area (Å²) in [7, 11) is 0. The van der Waals surface area contributed by atoms with E-state index < -0.39 is 0 Å². The lowest BCUT2D eigenvalue weighted by atomic mass is 10.2. The lowest BCUT2D eigenvalue weighted by Crippen LogP contribution is -2.10. The van der Waals surface area contributed by atoms with Crippen LogP contribution in [-0.2, 0) is 0 Å². The molecule has 22 heavy (non-hydrogen) atoms. The summed E-state index contributed by atoms with van der Waals surface area (Å²) >= 11 is 4.93. The fraction of sp³-hybridized carbons (Fsp3) is 0. The summed E-state index contributed by atoms with van der Waals surface area (Å²) in [5.41, 5.74) is 4.12. The molecular weight excluding hydrogens is 364 g/mol. The lowest BCUT2D eigenvalue weighted by molar-refractivity contribution is 0.0998. The van der Waals surface area contributed by atoms with E-state index in [2.05, 4.69) is 26.2 Å². The molecule has 2 aromatic heterocycles. The number of carbonyl (C=O) groups excluding carboxylic acids is 1. The normalized spacial score (nSPS) is 11.1. The predicted octanol–water partition coefficient (Wildman–Crippen LogP) is 5.06. The third kappa shape index (κ3) is 2.40. The highest BCUT2D eigenvalue weighted by atomic mass is 79.9. The van der Waals surface area contributed by atoms with Crippen LogP contribution in [0.25, 0.3) is 21.2 Å². The van der Waals surface area contributed by atoms with Crippen molar-refractivity contribution in [1.82, 2.24) is 4.98 Å². The molecule has 0 fully saturated rings. The summed E-state index contributed by atoms with van der Waals surface area (Å²) in [4.78, 5) is 16.5. The van der Waals surface area contributed by atoms with Crippen molar-refractivity contribution in [2.75, 3.05) is 5.32 Å². The van der Waals surface area contributed by atoms with Crippen LogP contribution >= 0.6 is 27.3 Å². The molecule has 2 aromatic carbocycles. The van der Waals surface area contributed by atoms with Gasteiger partial charge in [0.15, 0.2) is 5.76 Å².